The monoisotopic (exact) mass is 332 g/mol. The van der Waals surface area contributed by atoms with Crippen molar-refractivity contribution in [3.8, 4) is 0 Å². The first-order chi connectivity index (χ1) is 10.5. The van der Waals surface area contributed by atoms with Crippen LogP contribution in [0.2, 0.25) is 0 Å². The second-order valence-electron chi connectivity index (χ2n) is 5.84. The zero-order valence-corrected chi connectivity index (χ0v) is 15.0. The first kappa shape index (κ1) is 19.2. The summed E-state index contributed by atoms with van der Waals surface area (Å²) in [5.74, 6) is -0.0481. The quantitative estimate of drug-likeness (QED) is 0.844. The van der Waals surface area contributed by atoms with Crippen LogP contribution in [0.15, 0.2) is 42.5 Å². The summed E-state index contributed by atoms with van der Waals surface area (Å²) in [6, 6.07) is 14.7. The summed E-state index contributed by atoms with van der Waals surface area (Å²) >= 11 is 0. The summed E-state index contributed by atoms with van der Waals surface area (Å²) in [6.45, 7) is 8.75. The summed E-state index contributed by atoms with van der Waals surface area (Å²) in [5.41, 5.74) is 5.92. The van der Waals surface area contributed by atoms with Gasteiger partial charge in [0.15, 0.2) is 0 Å². The Kier molecular flexibility index (Phi) is 7.27. The Labute approximate surface area is 144 Å². The van der Waals surface area contributed by atoms with Gasteiger partial charge in [-0.25, -0.2) is 0 Å². The summed E-state index contributed by atoms with van der Waals surface area (Å²) < 4.78 is 0. The Bertz CT molecular complexity index is 670. The number of carbonyl (C=O) groups is 1. The van der Waals surface area contributed by atoms with Crippen LogP contribution in [0.1, 0.15) is 42.1 Å². The maximum absolute atomic E-state index is 11.1. The van der Waals surface area contributed by atoms with Crippen molar-refractivity contribution < 1.29 is 4.79 Å². The lowest BCUT2D eigenvalue weighted by molar-refractivity contribution is -0.114. The Morgan fingerprint density at radius 2 is 1.87 bits per heavy atom. The van der Waals surface area contributed by atoms with Crippen LogP contribution in [0.3, 0.4) is 0 Å². The van der Waals surface area contributed by atoms with Gasteiger partial charge in [0.1, 0.15) is 0 Å². The number of anilines is 1. The van der Waals surface area contributed by atoms with Crippen molar-refractivity contribution in [3.63, 3.8) is 0 Å². The van der Waals surface area contributed by atoms with Gasteiger partial charge in [0.25, 0.3) is 0 Å². The van der Waals surface area contributed by atoms with Crippen LogP contribution in [0.25, 0.3) is 0 Å². The molecule has 1 unspecified atom stereocenters. The molecular formula is C19H25ClN2O. The van der Waals surface area contributed by atoms with Crippen LogP contribution in [-0.2, 0) is 11.3 Å². The third kappa shape index (κ3) is 5.70. The van der Waals surface area contributed by atoms with Crippen LogP contribution < -0.4 is 10.6 Å². The van der Waals surface area contributed by atoms with Gasteiger partial charge in [0.2, 0.25) is 5.91 Å². The van der Waals surface area contributed by atoms with E-state index in [1.165, 1.54) is 23.6 Å². The smallest absolute Gasteiger partial charge is 0.221 e. The van der Waals surface area contributed by atoms with Gasteiger partial charge >= 0.3 is 0 Å². The van der Waals surface area contributed by atoms with Crippen molar-refractivity contribution in [1.82, 2.24) is 5.32 Å². The number of amides is 1. The summed E-state index contributed by atoms with van der Waals surface area (Å²) in [7, 11) is 0. The highest BCUT2D eigenvalue weighted by molar-refractivity contribution is 5.88. The van der Waals surface area contributed by atoms with E-state index in [0.29, 0.717) is 0 Å². The summed E-state index contributed by atoms with van der Waals surface area (Å²) in [6.07, 6.45) is 0. The molecule has 0 radical (unpaired) electrons. The molecule has 1 amide bonds. The molecule has 0 saturated carbocycles. The number of hydrogen-bond acceptors (Lipinski definition) is 2. The average molecular weight is 333 g/mol. The molecule has 0 heterocycles. The SMILES string of the molecule is CC(=O)Nc1cccc(C(C)NCc2ccc(C)cc2C)c1.Cl. The van der Waals surface area contributed by atoms with Crippen LogP contribution in [0.5, 0.6) is 0 Å². The maximum Gasteiger partial charge on any atom is 0.221 e. The molecule has 0 aliphatic carbocycles. The third-order valence-corrected chi connectivity index (χ3v) is 3.80. The fourth-order valence-electron chi connectivity index (χ4n) is 2.51. The zero-order chi connectivity index (χ0) is 16.1. The van der Waals surface area contributed by atoms with Gasteiger partial charge in [-0.3, -0.25) is 4.79 Å². The Balaban J connectivity index is 0.00000264. The molecule has 3 nitrogen and oxygen atoms in total. The Hall–Kier alpha value is -1.84. The van der Waals surface area contributed by atoms with E-state index >= 15 is 0 Å². The van der Waals surface area contributed by atoms with Gasteiger partial charge < -0.3 is 10.6 Å². The number of nitrogens with one attached hydrogen (secondary N) is 2. The van der Waals surface area contributed by atoms with E-state index in [0.717, 1.165) is 17.8 Å². The number of halogens is 1. The standard InChI is InChI=1S/C19H24N2O.ClH/c1-13-8-9-18(14(2)10-13)12-20-15(3)17-6-5-7-19(11-17)21-16(4)22;/h5-11,15,20H,12H2,1-4H3,(H,21,22);1H. The summed E-state index contributed by atoms with van der Waals surface area (Å²) in [5, 5.41) is 6.37. The predicted octanol–water partition coefficient (Wildman–Crippen LogP) is 4.53. The average Bonchev–Trinajstić information content (AvgIpc) is 2.45. The van der Waals surface area contributed by atoms with E-state index in [1.807, 2.05) is 18.2 Å². The van der Waals surface area contributed by atoms with E-state index in [9.17, 15) is 4.79 Å². The minimum absolute atomic E-state index is 0. The second kappa shape index (κ2) is 8.70. The van der Waals surface area contributed by atoms with Gasteiger partial charge in [0, 0.05) is 25.2 Å². The molecule has 2 aromatic rings. The van der Waals surface area contributed by atoms with Gasteiger partial charge in [-0.05, 0) is 49.6 Å². The number of rotatable bonds is 5. The van der Waals surface area contributed by atoms with Crippen molar-refractivity contribution in [3.05, 3.63) is 64.7 Å². The molecule has 2 rings (SSSR count). The maximum atomic E-state index is 11.1. The number of hydrogen-bond donors (Lipinski definition) is 2. The third-order valence-electron chi connectivity index (χ3n) is 3.80. The molecule has 124 valence electrons. The van der Waals surface area contributed by atoms with E-state index in [4.69, 9.17) is 0 Å². The Morgan fingerprint density at radius 3 is 2.52 bits per heavy atom. The molecule has 0 aliphatic heterocycles. The summed E-state index contributed by atoms with van der Waals surface area (Å²) in [4.78, 5) is 11.1. The van der Waals surface area contributed by atoms with Crippen molar-refractivity contribution in [2.24, 2.45) is 0 Å². The molecule has 0 bridgehead atoms. The number of aryl methyl sites for hydroxylation is 2. The molecule has 0 fully saturated rings. The molecule has 1 atom stereocenters. The lowest BCUT2D eigenvalue weighted by Crippen LogP contribution is -2.19. The van der Waals surface area contributed by atoms with Crippen molar-refractivity contribution in [2.45, 2.75) is 40.3 Å². The first-order valence-electron chi connectivity index (χ1n) is 7.63. The highest BCUT2D eigenvalue weighted by Crippen LogP contribution is 2.18. The minimum atomic E-state index is -0.0481. The van der Waals surface area contributed by atoms with Crippen molar-refractivity contribution >= 4 is 24.0 Å². The lowest BCUT2D eigenvalue weighted by atomic mass is 10.0. The fourth-order valence-corrected chi connectivity index (χ4v) is 2.51. The topological polar surface area (TPSA) is 41.1 Å². The van der Waals surface area contributed by atoms with E-state index in [2.05, 4.69) is 55.7 Å². The Morgan fingerprint density at radius 1 is 1.13 bits per heavy atom. The molecular weight excluding hydrogens is 308 g/mol. The van der Waals surface area contributed by atoms with Crippen molar-refractivity contribution in [2.75, 3.05) is 5.32 Å². The molecule has 2 aromatic carbocycles. The van der Waals surface area contributed by atoms with Crippen LogP contribution in [0.4, 0.5) is 5.69 Å². The molecule has 4 heteroatoms. The minimum Gasteiger partial charge on any atom is -0.326 e. The molecule has 0 aliphatic rings. The van der Waals surface area contributed by atoms with Crippen LogP contribution in [-0.4, -0.2) is 5.91 Å². The van der Waals surface area contributed by atoms with E-state index in [-0.39, 0.29) is 24.4 Å². The molecule has 0 saturated heterocycles. The molecule has 0 spiro atoms. The normalized spacial score (nSPS) is 11.5. The van der Waals surface area contributed by atoms with Crippen LogP contribution >= 0.6 is 12.4 Å². The number of benzene rings is 2. The van der Waals surface area contributed by atoms with E-state index < -0.39 is 0 Å². The van der Waals surface area contributed by atoms with Gasteiger partial charge in [0.05, 0.1) is 0 Å². The van der Waals surface area contributed by atoms with E-state index in [1.54, 1.807) is 0 Å². The molecule has 2 N–H and O–H groups in total. The predicted molar refractivity (Wildman–Crippen MR) is 99.2 cm³/mol. The van der Waals surface area contributed by atoms with Gasteiger partial charge in [-0.1, -0.05) is 35.9 Å². The zero-order valence-electron chi connectivity index (χ0n) is 14.1. The second-order valence-corrected chi connectivity index (χ2v) is 5.84. The first-order valence-corrected chi connectivity index (χ1v) is 7.63. The highest BCUT2D eigenvalue weighted by Gasteiger charge is 2.07. The molecule has 0 aromatic heterocycles. The van der Waals surface area contributed by atoms with Gasteiger partial charge in [-0.15, -0.1) is 12.4 Å². The largest absolute Gasteiger partial charge is 0.326 e. The lowest BCUT2D eigenvalue weighted by Gasteiger charge is -2.16. The van der Waals surface area contributed by atoms with Crippen molar-refractivity contribution in [1.29, 1.82) is 0 Å². The molecule has 23 heavy (non-hydrogen) atoms. The van der Waals surface area contributed by atoms with Crippen LogP contribution in [0, 0.1) is 13.8 Å². The van der Waals surface area contributed by atoms with Gasteiger partial charge in [-0.2, -0.15) is 0 Å². The number of carbonyl (C=O) groups excluding carboxylic acids is 1. The fraction of sp³-hybridized carbons (Fsp3) is 0.316. The highest BCUT2D eigenvalue weighted by atomic mass is 35.5.